The minimum absolute atomic E-state index is 0.00161. The van der Waals surface area contributed by atoms with E-state index in [1.807, 2.05) is 25.1 Å². The second-order valence-corrected chi connectivity index (χ2v) is 8.64. The molecule has 0 bridgehead atoms. The molecule has 3 rings (SSSR count). The molecule has 1 heterocycles. The summed E-state index contributed by atoms with van der Waals surface area (Å²) < 4.78 is 20.0. The summed E-state index contributed by atoms with van der Waals surface area (Å²) in [4.78, 5) is 23.0. The van der Waals surface area contributed by atoms with Gasteiger partial charge < -0.3 is 26.0 Å². The number of nitrogens with one attached hydrogen (secondary N) is 2. The molecule has 3 aromatic rings. The van der Waals surface area contributed by atoms with Crippen molar-refractivity contribution < 1.29 is 13.9 Å². The van der Waals surface area contributed by atoms with Gasteiger partial charge in [0.2, 0.25) is 5.91 Å². The normalized spacial score (nSPS) is 13.2. The Morgan fingerprint density at radius 1 is 1.30 bits per heavy atom. The van der Waals surface area contributed by atoms with Crippen molar-refractivity contribution in [2.24, 2.45) is 5.73 Å². The first-order valence-electron chi connectivity index (χ1n) is 10.4. The molecule has 0 saturated heterocycles. The predicted molar refractivity (Wildman–Crippen MR) is 129 cm³/mol. The molecule has 176 valence electrons. The van der Waals surface area contributed by atoms with E-state index >= 15 is 0 Å². The third-order valence-corrected chi connectivity index (χ3v) is 5.70. The van der Waals surface area contributed by atoms with E-state index in [0.717, 1.165) is 12.1 Å². The summed E-state index contributed by atoms with van der Waals surface area (Å²) in [5.41, 5.74) is 6.25. The molecule has 8 nitrogen and oxygen atoms in total. The highest BCUT2D eigenvalue weighted by Gasteiger charge is 2.32. The zero-order chi connectivity index (χ0) is 24.2. The summed E-state index contributed by atoms with van der Waals surface area (Å²) in [5, 5.41) is 6.88. The monoisotopic (exact) mass is 474 g/mol. The lowest BCUT2D eigenvalue weighted by Gasteiger charge is -2.29. The molecule has 0 aliphatic heterocycles. The van der Waals surface area contributed by atoms with E-state index in [2.05, 4.69) is 20.6 Å². The molecule has 0 spiro atoms. The van der Waals surface area contributed by atoms with Crippen molar-refractivity contribution in [3.8, 4) is 5.75 Å². The van der Waals surface area contributed by atoms with E-state index in [0.29, 0.717) is 29.0 Å². The summed E-state index contributed by atoms with van der Waals surface area (Å²) in [6.07, 6.45) is 1.65. The van der Waals surface area contributed by atoms with Crippen LogP contribution in [0.2, 0.25) is 5.02 Å². The van der Waals surface area contributed by atoms with Crippen molar-refractivity contribution >= 4 is 39.9 Å². The van der Waals surface area contributed by atoms with Crippen LogP contribution in [-0.4, -0.2) is 60.6 Å². The Bertz CT molecular complexity index is 1160. The standard InChI is InChI=1S/C23H28ClFN6O2/c1-23(22(26)32,29-8-9-31(2)3)12-14-10-15-18(11-19(14)33-4)27-13-28-21(15)30-17-7-5-6-16(24)20(17)25/h5-7,10-11,13,29H,8-9,12H2,1-4H3,(H2,26,32)(H,27,28,30)/t23-/m1/s1. The number of carbonyl (C=O) groups excluding carboxylic acids is 1. The van der Waals surface area contributed by atoms with E-state index < -0.39 is 17.3 Å². The van der Waals surface area contributed by atoms with Gasteiger partial charge in [-0.25, -0.2) is 14.4 Å². The quantitative estimate of drug-likeness (QED) is 0.414. The first-order valence-corrected chi connectivity index (χ1v) is 10.7. The van der Waals surface area contributed by atoms with Crippen molar-refractivity contribution in [3.63, 3.8) is 0 Å². The third kappa shape index (κ3) is 5.68. The number of nitrogens with two attached hydrogens (primary N) is 1. The van der Waals surface area contributed by atoms with Crippen molar-refractivity contribution in [2.75, 3.05) is 39.6 Å². The number of hydrogen-bond donors (Lipinski definition) is 3. The Labute approximate surface area is 197 Å². The zero-order valence-electron chi connectivity index (χ0n) is 19.1. The van der Waals surface area contributed by atoms with Crippen LogP contribution in [0.5, 0.6) is 5.75 Å². The van der Waals surface area contributed by atoms with E-state index in [4.69, 9.17) is 22.1 Å². The zero-order valence-corrected chi connectivity index (χ0v) is 19.8. The van der Waals surface area contributed by atoms with E-state index in [1.54, 1.807) is 32.2 Å². The number of hydrogen-bond acceptors (Lipinski definition) is 7. The van der Waals surface area contributed by atoms with Crippen LogP contribution < -0.4 is 21.1 Å². The number of rotatable bonds is 10. The van der Waals surface area contributed by atoms with Gasteiger partial charge in [0.1, 0.15) is 17.9 Å². The first-order chi connectivity index (χ1) is 15.6. The van der Waals surface area contributed by atoms with Gasteiger partial charge in [-0.05, 0) is 44.8 Å². The molecule has 0 aliphatic carbocycles. The number of fused-ring (bicyclic) bond motifs is 1. The largest absolute Gasteiger partial charge is 0.496 e. The van der Waals surface area contributed by atoms with Gasteiger partial charge in [0.25, 0.3) is 0 Å². The van der Waals surface area contributed by atoms with Crippen LogP contribution in [0.4, 0.5) is 15.9 Å². The average molecular weight is 475 g/mol. The second kappa shape index (κ2) is 10.3. The molecular weight excluding hydrogens is 447 g/mol. The molecule has 2 aromatic carbocycles. The van der Waals surface area contributed by atoms with Crippen LogP contribution in [0.25, 0.3) is 10.9 Å². The Kier molecular flexibility index (Phi) is 7.68. The van der Waals surface area contributed by atoms with E-state index in [9.17, 15) is 9.18 Å². The molecule has 0 aliphatic rings. The lowest BCUT2D eigenvalue weighted by atomic mass is 9.90. The number of primary amides is 1. The highest BCUT2D eigenvalue weighted by Crippen LogP contribution is 2.33. The van der Waals surface area contributed by atoms with Gasteiger partial charge in [-0.2, -0.15) is 0 Å². The maximum Gasteiger partial charge on any atom is 0.237 e. The number of methoxy groups -OCH3 is 1. The van der Waals surface area contributed by atoms with Gasteiger partial charge >= 0.3 is 0 Å². The first kappa shape index (κ1) is 24.6. The van der Waals surface area contributed by atoms with Crippen LogP contribution >= 0.6 is 11.6 Å². The average Bonchev–Trinajstić information content (AvgIpc) is 2.76. The molecule has 1 atom stereocenters. The minimum Gasteiger partial charge on any atom is -0.496 e. The minimum atomic E-state index is -1.01. The molecule has 1 aromatic heterocycles. The van der Waals surface area contributed by atoms with Gasteiger partial charge in [-0.1, -0.05) is 17.7 Å². The van der Waals surface area contributed by atoms with Gasteiger partial charge in [0.05, 0.1) is 28.9 Å². The maximum atomic E-state index is 14.5. The molecular formula is C23H28ClFN6O2. The fraction of sp³-hybridized carbons (Fsp3) is 0.348. The second-order valence-electron chi connectivity index (χ2n) is 8.23. The van der Waals surface area contributed by atoms with Gasteiger partial charge in [-0.15, -0.1) is 0 Å². The number of likely N-dealkylation sites (N-methyl/N-ethyl adjacent to an activating group) is 1. The maximum absolute atomic E-state index is 14.5. The van der Waals surface area contributed by atoms with Crippen LogP contribution in [0, 0.1) is 5.82 Å². The molecule has 10 heteroatoms. The molecule has 4 N–H and O–H groups in total. The molecule has 0 saturated carbocycles. The van der Waals surface area contributed by atoms with Crippen molar-refractivity contribution in [3.05, 3.63) is 53.1 Å². The highest BCUT2D eigenvalue weighted by atomic mass is 35.5. The number of ether oxygens (including phenoxy) is 1. The fourth-order valence-corrected chi connectivity index (χ4v) is 3.63. The number of nitrogens with zero attached hydrogens (tertiary/aromatic N) is 3. The highest BCUT2D eigenvalue weighted by molar-refractivity contribution is 6.31. The molecule has 33 heavy (non-hydrogen) atoms. The summed E-state index contributed by atoms with van der Waals surface area (Å²) in [5.74, 6) is -0.104. The molecule has 0 fully saturated rings. The number of halogens is 2. The lowest BCUT2D eigenvalue weighted by Crippen LogP contribution is -2.56. The SMILES string of the molecule is COc1cc2ncnc(Nc3cccc(Cl)c3F)c2cc1C[C@@](C)(NCCN(C)C)C(N)=O. The number of anilines is 2. The third-order valence-electron chi connectivity index (χ3n) is 5.40. The lowest BCUT2D eigenvalue weighted by molar-refractivity contribution is -0.123. The Morgan fingerprint density at radius 2 is 2.06 bits per heavy atom. The van der Waals surface area contributed by atoms with Crippen LogP contribution in [0.1, 0.15) is 12.5 Å². The van der Waals surface area contributed by atoms with Crippen molar-refractivity contribution in [1.82, 2.24) is 20.2 Å². The summed E-state index contributed by atoms with van der Waals surface area (Å²) in [6.45, 7) is 3.08. The van der Waals surface area contributed by atoms with Gasteiger partial charge in [-0.3, -0.25) is 4.79 Å². The Hall–Kier alpha value is -3.01. The topological polar surface area (TPSA) is 105 Å². The van der Waals surface area contributed by atoms with Crippen LogP contribution in [-0.2, 0) is 11.2 Å². The van der Waals surface area contributed by atoms with Crippen molar-refractivity contribution in [1.29, 1.82) is 0 Å². The molecule has 1 amide bonds. The van der Waals surface area contributed by atoms with Gasteiger partial charge in [0, 0.05) is 31.0 Å². The predicted octanol–water partition coefficient (Wildman–Crippen LogP) is 3.11. The summed E-state index contributed by atoms with van der Waals surface area (Å²) in [6, 6.07) is 8.26. The summed E-state index contributed by atoms with van der Waals surface area (Å²) in [7, 11) is 5.45. The molecule has 0 unspecified atom stereocenters. The van der Waals surface area contributed by atoms with Gasteiger partial charge in [0.15, 0.2) is 5.82 Å². The Balaban J connectivity index is 2.02. The summed E-state index contributed by atoms with van der Waals surface area (Å²) >= 11 is 5.91. The van der Waals surface area contributed by atoms with E-state index in [-0.39, 0.29) is 17.1 Å². The number of aromatic nitrogens is 2. The van der Waals surface area contributed by atoms with Crippen LogP contribution in [0.15, 0.2) is 36.7 Å². The smallest absolute Gasteiger partial charge is 0.237 e. The van der Waals surface area contributed by atoms with E-state index in [1.165, 1.54) is 12.4 Å². The number of benzene rings is 2. The fourth-order valence-electron chi connectivity index (χ4n) is 3.46. The number of carbonyl (C=O) groups is 1. The number of amides is 1. The van der Waals surface area contributed by atoms with Crippen LogP contribution in [0.3, 0.4) is 0 Å². The Morgan fingerprint density at radius 3 is 2.73 bits per heavy atom. The molecule has 0 radical (unpaired) electrons. The van der Waals surface area contributed by atoms with Crippen molar-refractivity contribution in [2.45, 2.75) is 18.9 Å².